The second kappa shape index (κ2) is 33.7. The lowest BCUT2D eigenvalue weighted by molar-refractivity contribution is -0.147. The van der Waals surface area contributed by atoms with Gasteiger partial charge in [0, 0.05) is 0 Å². The molecule has 4 heterocycles. The van der Waals surface area contributed by atoms with Crippen LogP contribution >= 0.6 is 83.7 Å². The number of hydrogen-bond acceptors (Lipinski definition) is 16. The molecule has 17 nitrogen and oxygen atoms in total. The Labute approximate surface area is 546 Å². The highest BCUT2D eigenvalue weighted by molar-refractivity contribution is 8.27. The van der Waals surface area contributed by atoms with E-state index in [1.54, 1.807) is 50.3 Å². The Morgan fingerprint density at radius 3 is 1.37 bits per heavy atom. The Morgan fingerprint density at radius 1 is 0.472 bits per heavy atom. The molecule has 5 aromatic carbocycles. The summed E-state index contributed by atoms with van der Waals surface area (Å²) in [4.78, 5) is 110. The molecule has 4 N–H and O–H groups in total. The molecule has 0 radical (unpaired) electrons. The van der Waals surface area contributed by atoms with Gasteiger partial charge in [-0.2, -0.15) is 0 Å². The van der Waals surface area contributed by atoms with Crippen LogP contribution in [0.5, 0.6) is 0 Å². The van der Waals surface area contributed by atoms with Crippen molar-refractivity contribution in [3.05, 3.63) is 223 Å². The van der Waals surface area contributed by atoms with Crippen molar-refractivity contribution in [1.82, 2.24) is 19.6 Å². The molecule has 4 fully saturated rings. The van der Waals surface area contributed by atoms with Crippen molar-refractivity contribution in [3.8, 4) is 11.1 Å². The summed E-state index contributed by atoms with van der Waals surface area (Å²) in [6.45, 7) is 5.83. The number of amides is 5. The topological polar surface area (TPSA) is 248 Å². The number of rotatable bonds is 17. The van der Waals surface area contributed by atoms with Gasteiger partial charge < -0.3 is 20.4 Å². The average Bonchev–Trinajstić information content (AvgIpc) is 2.40. The molecule has 2 atom stereocenters. The SMILES string of the molecule is CC(=Cc1ccccc1)C=C1SC(=S)N(CC(=O)O)C1=O.CC(C(=O)O)N1C(=O)/C(=C/C=C/c2ccccc2)SC1=S.CC(C)C(C(=O)O)N1C(=O)/C(=C/C=C/c2ccccc2)SC1=S.O=C(O)CN1C(=O)S/C(=C\c2ccc(-c3ccccc3)cc2)C1=O. The Morgan fingerprint density at radius 2 is 0.899 bits per heavy atom. The highest BCUT2D eigenvalue weighted by Gasteiger charge is 2.42. The van der Waals surface area contributed by atoms with Crippen LogP contribution in [0.4, 0.5) is 4.79 Å². The molecule has 0 aliphatic carbocycles. The Balaban J connectivity index is 0.000000189. The zero-order valence-corrected chi connectivity index (χ0v) is 53.5. The zero-order valence-electron chi connectivity index (χ0n) is 47.8. The van der Waals surface area contributed by atoms with Crippen LogP contribution in [0.15, 0.2) is 201 Å². The number of hydrogen-bond donors (Lipinski definition) is 4. The third-order valence-corrected chi connectivity index (χ3v) is 17.4. The summed E-state index contributed by atoms with van der Waals surface area (Å²) in [6.07, 6.45) is 15.9. The minimum absolute atomic E-state index is 0.228. The Hall–Kier alpha value is -8.62. The van der Waals surface area contributed by atoms with E-state index in [4.69, 9.17) is 52.0 Å². The summed E-state index contributed by atoms with van der Waals surface area (Å²) < 4.78 is 0.839. The van der Waals surface area contributed by atoms with E-state index in [0.29, 0.717) is 14.7 Å². The van der Waals surface area contributed by atoms with Gasteiger partial charge in [-0.15, -0.1) is 0 Å². The number of aliphatic carboxylic acids is 4. The number of carbonyl (C=O) groups excluding carboxylic acids is 5. The molecule has 5 aromatic rings. The number of carboxylic acid groups (broad SMARTS) is 4. The predicted octanol–water partition coefficient (Wildman–Crippen LogP) is 12.9. The highest BCUT2D eigenvalue weighted by Crippen LogP contribution is 2.36. The molecule has 2 unspecified atom stereocenters. The number of carbonyl (C=O) groups is 9. The van der Waals surface area contributed by atoms with Gasteiger partial charge in [0.15, 0.2) is 0 Å². The molecule has 456 valence electrons. The number of allylic oxidation sites excluding steroid dienone is 6. The first-order chi connectivity index (χ1) is 42.4. The molecule has 89 heavy (non-hydrogen) atoms. The van der Waals surface area contributed by atoms with Gasteiger partial charge in [0.05, 0.1) is 19.6 Å². The van der Waals surface area contributed by atoms with E-state index in [-0.39, 0.29) is 41.5 Å². The van der Waals surface area contributed by atoms with Crippen molar-refractivity contribution in [2.75, 3.05) is 13.1 Å². The number of imide groups is 1. The van der Waals surface area contributed by atoms with Crippen LogP contribution in [0, 0.1) is 5.92 Å². The Kier molecular flexibility index (Phi) is 26.3. The summed E-state index contributed by atoms with van der Waals surface area (Å²) in [5.41, 5.74) is 6.88. The summed E-state index contributed by atoms with van der Waals surface area (Å²) in [6, 6.07) is 44.7. The van der Waals surface area contributed by atoms with Crippen LogP contribution in [0.2, 0.25) is 0 Å². The average molecular weight is 1330 g/mol. The minimum atomic E-state index is -1.22. The first kappa shape index (κ1) is 69.5. The maximum absolute atomic E-state index is 12.5. The van der Waals surface area contributed by atoms with E-state index in [2.05, 4.69) is 0 Å². The summed E-state index contributed by atoms with van der Waals surface area (Å²) in [5, 5.41) is 35.3. The first-order valence-corrected chi connectivity index (χ1v) is 31.2. The molecule has 5 amide bonds. The Bertz CT molecular complexity index is 3780. The van der Waals surface area contributed by atoms with Gasteiger partial charge in [0.25, 0.3) is 28.9 Å². The van der Waals surface area contributed by atoms with Crippen LogP contribution in [-0.2, 0) is 38.4 Å². The van der Waals surface area contributed by atoms with Crippen molar-refractivity contribution in [1.29, 1.82) is 0 Å². The van der Waals surface area contributed by atoms with Crippen molar-refractivity contribution in [3.63, 3.8) is 0 Å². The van der Waals surface area contributed by atoms with E-state index in [1.807, 2.05) is 171 Å². The van der Waals surface area contributed by atoms with Gasteiger partial charge in [-0.05, 0) is 94.8 Å². The lowest BCUT2D eigenvalue weighted by Crippen LogP contribution is -2.47. The molecule has 4 aliphatic rings. The van der Waals surface area contributed by atoms with Gasteiger partial charge >= 0.3 is 23.9 Å². The molecule has 4 saturated heterocycles. The van der Waals surface area contributed by atoms with Gasteiger partial charge in [-0.3, -0.25) is 53.2 Å². The maximum Gasteiger partial charge on any atom is 0.327 e. The normalized spacial score (nSPS) is 17.7. The number of carboxylic acids is 4. The van der Waals surface area contributed by atoms with E-state index >= 15 is 0 Å². The molecule has 0 saturated carbocycles. The van der Waals surface area contributed by atoms with Crippen LogP contribution in [0.3, 0.4) is 0 Å². The summed E-state index contributed by atoms with van der Waals surface area (Å²) in [5.74, 6) is -6.28. The lowest BCUT2D eigenvalue weighted by Gasteiger charge is -2.26. The van der Waals surface area contributed by atoms with Gasteiger partial charge in [0.1, 0.15) is 38.1 Å². The summed E-state index contributed by atoms with van der Waals surface area (Å²) >= 11 is 19.4. The van der Waals surface area contributed by atoms with Crippen LogP contribution in [0.1, 0.15) is 49.9 Å². The maximum atomic E-state index is 12.5. The van der Waals surface area contributed by atoms with E-state index < -0.39 is 60.2 Å². The molecular weight excluding hydrogens is 1270 g/mol. The zero-order chi connectivity index (χ0) is 64.9. The fourth-order valence-electron chi connectivity index (χ4n) is 8.14. The second-order valence-electron chi connectivity index (χ2n) is 19.3. The number of benzene rings is 5. The number of nitrogens with zero attached hydrogens (tertiary/aromatic N) is 4. The lowest BCUT2D eigenvalue weighted by atomic mass is 10.0. The van der Waals surface area contributed by atoms with Crippen LogP contribution in [-0.4, -0.2) is 131 Å². The van der Waals surface area contributed by atoms with Crippen molar-refractivity contribution >= 4 is 174 Å². The van der Waals surface area contributed by atoms with Crippen LogP contribution < -0.4 is 0 Å². The second-order valence-corrected chi connectivity index (χ2v) is 25.4. The predicted molar refractivity (Wildman–Crippen MR) is 364 cm³/mol. The standard InChI is InChI=1S/C18H13NO4S.C17H17NO3S2.2C15H13NO3S2/c20-16(21)11-19-17(22)15(24-18(19)23)10-12-6-8-14(9-7-12)13-4-2-1-3-5-13;1-11(2)14(16(20)21)18-15(19)13(23-17(18)22)10-6-9-12-7-4-3-5-8-12;1-10(14(18)19)16-13(17)12(21-15(16)20)9-5-8-11-6-3-2-4-7-11;1-10(7-11-5-3-2-4-6-11)8-12-14(19)16(9-13(17)18)15(20)21-12/h1-10H,11H2,(H,20,21);3-11,14H,1-2H3,(H,20,21);2-10H,1H3,(H,18,19);2-8H,9H2,1H3,(H,17,18)/b15-10-;9-6+,13-10-;8-5+,12-9-;. The van der Waals surface area contributed by atoms with Gasteiger partial charge in [0.2, 0.25) is 0 Å². The first-order valence-electron chi connectivity index (χ1n) is 26.7. The molecule has 9 rings (SSSR count). The van der Waals surface area contributed by atoms with E-state index in [1.165, 1.54) is 11.8 Å². The quantitative estimate of drug-likeness (QED) is 0.0499. The van der Waals surface area contributed by atoms with Gasteiger partial charge in [-0.25, -0.2) is 9.59 Å². The number of thioether (sulfide) groups is 4. The fraction of sp³-hybridized carbons (Fsp3) is 0.138. The smallest absolute Gasteiger partial charge is 0.327 e. The third-order valence-electron chi connectivity index (χ3n) is 12.4. The van der Waals surface area contributed by atoms with Gasteiger partial charge in [-0.1, -0.05) is 262 Å². The highest BCUT2D eigenvalue weighted by atomic mass is 32.2. The molecule has 24 heteroatoms. The summed E-state index contributed by atoms with van der Waals surface area (Å²) in [7, 11) is 0. The third kappa shape index (κ3) is 20.2. The number of thiocarbonyl (C=S) groups is 3. The van der Waals surface area contributed by atoms with E-state index in [9.17, 15) is 48.3 Å². The molecular formula is C65H56N4O13S7. The molecule has 0 bridgehead atoms. The van der Waals surface area contributed by atoms with Crippen molar-refractivity contribution in [2.45, 2.75) is 39.8 Å². The fourth-order valence-corrected chi connectivity index (χ4v) is 12.9. The monoisotopic (exact) mass is 1320 g/mol. The van der Waals surface area contributed by atoms with Crippen LogP contribution in [0.25, 0.3) is 35.4 Å². The van der Waals surface area contributed by atoms with Crippen molar-refractivity contribution in [2.24, 2.45) is 5.92 Å². The van der Waals surface area contributed by atoms with E-state index in [0.717, 1.165) is 101 Å². The minimum Gasteiger partial charge on any atom is -0.480 e. The molecule has 4 aliphatic heterocycles. The molecule has 0 spiro atoms. The molecule has 0 aromatic heterocycles. The largest absolute Gasteiger partial charge is 0.480 e. The van der Waals surface area contributed by atoms with Crippen molar-refractivity contribution < 1.29 is 63.6 Å².